The van der Waals surface area contributed by atoms with Gasteiger partial charge in [0.1, 0.15) is 0 Å². The van der Waals surface area contributed by atoms with Crippen LogP contribution in [0.1, 0.15) is 31.0 Å². The van der Waals surface area contributed by atoms with Crippen molar-refractivity contribution >= 4 is 16.7 Å². The van der Waals surface area contributed by atoms with Crippen molar-refractivity contribution in [2.24, 2.45) is 0 Å². The van der Waals surface area contributed by atoms with Gasteiger partial charge in [0.15, 0.2) is 0 Å². The van der Waals surface area contributed by atoms with Crippen molar-refractivity contribution in [1.82, 2.24) is 14.5 Å². The Labute approximate surface area is 148 Å². The van der Waals surface area contributed by atoms with Gasteiger partial charge in [-0.15, -0.1) is 0 Å². The standard InChI is InChI=1S/C22H23N3/c1-14-6-8-17(9-7-14)20-21-19(5-4-12-23-21)24-13-15(2)25(18-10-11-18)16(3)22(20)24/h4-9,12,15,18H,3,10-11,13H2,1-2H3/t15-/m1/s1. The Morgan fingerprint density at radius 3 is 2.60 bits per heavy atom. The number of pyridine rings is 1. The Kier molecular flexibility index (Phi) is 3.08. The number of fused-ring (bicyclic) bond motifs is 3. The van der Waals surface area contributed by atoms with E-state index in [1.165, 1.54) is 40.7 Å². The fourth-order valence-corrected chi connectivity index (χ4v) is 4.33. The van der Waals surface area contributed by atoms with Gasteiger partial charge in [-0.3, -0.25) is 4.98 Å². The summed E-state index contributed by atoms with van der Waals surface area (Å²) in [4.78, 5) is 7.30. The molecule has 5 rings (SSSR count). The Hall–Kier alpha value is -2.55. The molecule has 3 heteroatoms. The van der Waals surface area contributed by atoms with E-state index in [0.29, 0.717) is 12.1 Å². The molecule has 0 unspecified atom stereocenters. The van der Waals surface area contributed by atoms with Crippen LogP contribution in [0.15, 0.2) is 49.2 Å². The van der Waals surface area contributed by atoms with Crippen LogP contribution in [0.4, 0.5) is 0 Å². The molecule has 0 radical (unpaired) electrons. The minimum atomic E-state index is 0.481. The summed E-state index contributed by atoms with van der Waals surface area (Å²) in [6.07, 6.45) is 4.49. The lowest BCUT2D eigenvalue weighted by atomic mass is 10.00. The van der Waals surface area contributed by atoms with Gasteiger partial charge < -0.3 is 9.47 Å². The zero-order valence-corrected chi connectivity index (χ0v) is 14.9. The molecule has 0 N–H and O–H groups in total. The highest BCUT2D eigenvalue weighted by Gasteiger charge is 2.39. The maximum absolute atomic E-state index is 4.75. The van der Waals surface area contributed by atoms with Crippen molar-refractivity contribution in [3.8, 4) is 11.1 Å². The van der Waals surface area contributed by atoms with Gasteiger partial charge in [0.05, 0.1) is 22.4 Å². The second-order valence-electron chi connectivity index (χ2n) is 7.51. The molecule has 1 aromatic carbocycles. The average molecular weight is 329 g/mol. The molecule has 0 bridgehead atoms. The van der Waals surface area contributed by atoms with Crippen LogP contribution in [-0.2, 0) is 6.54 Å². The van der Waals surface area contributed by atoms with Gasteiger partial charge in [0.25, 0.3) is 0 Å². The third-order valence-corrected chi connectivity index (χ3v) is 5.61. The van der Waals surface area contributed by atoms with Crippen molar-refractivity contribution in [1.29, 1.82) is 0 Å². The van der Waals surface area contributed by atoms with E-state index in [0.717, 1.165) is 17.8 Å². The van der Waals surface area contributed by atoms with E-state index in [1.54, 1.807) is 0 Å². The molecule has 1 fully saturated rings. The topological polar surface area (TPSA) is 21.1 Å². The number of benzene rings is 1. The number of aromatic nitrogens is 2. The largest absolute Gasteiger partial charge is 0.363 e. The molecule has 0 saturated heterocycles. The number of rotatable bonds is 2. The third-order valence-electron chi connectivity index (χ3n) is 5.61. The molecule has 1 aliphatic heterocycles. The first-order chi connectivity index (χ1) is 12.1. The molecule has 1 atom stereocenters. The van der Waals surface area contributed by atoms with E-state index in [2.05, 4.69) is 60.2 Å². The fraction of sp³-hybridized carbons (Fsp3) is 0.318. The minimum absolute atomic E-state index is 0.481. The lowest BCUT2D eigenvalue weighted by Gasteiger charge is -2.39. The quantitative estimate of drug-likeness (QED) is 0.670. The summed E-state index contributed by atoms with van der Waals surface area (Å²) < 4.78 is 2.43. The maximum atomic E-state index is 4.75. The van der Waals surface area contributed by atoms with E-state index in [1.807, 2.05) is 12.3 Å². The van der Waals surface area contributed by atoms with E-state index >= 15 is 0 Å². The van der Waals surface area contributed by atoms with Gasteiger partial charge in [-0.2, -0.15) is 0 Å². The van der Waals surface area contributed by atoms with Gasteiger partial charge >= 0.3 is 0 Å². The molecule has 3 heterocycles. The van der Waals surface area contributed by atoms with Crippen LogP contribution in [0, 0.1) is 6.92 Å². The first-order valence-corrected chi connectivity index (χ1v) is 9.17. The SMILES string of the molecule is C=C1c2c(-c3ccc(C)cc3)c3ncccc3n2C[C@@H](C)N1C1CC1. The smallest absolute Gasteiger partial charge is 0.0966 e. The molecule has 0 spiro atoms. The first-order valence-electron chi connectivity index (χ1n) is 9.17. The summed E-state index contributed by atoms with van der Waals surface area (Å²) in [5, 5.41) is 0. The van der Waals surface area contributed by atoms with Crippen LogP contribution in [-0.4, -0.2) is 26.5 Å². The van der Waals surface area contributed by atoms with Crippen LogP contribution in [0.2, 0.25) is 0 Å². The zero-order valence-electron chi connectivity index (χ0n) is 14.9. The molecule has 126 valence electrons. The Morgan fingerprint density at radius 1 is 1.12 bits per heavy atom. The molecule has 2 aromatic heterocycles. The molecule has 2 aliphatic rings. The Morgan fingerprint density at radius 2 is 1.88 bits per heavy atom. The Balaban J connectivity index is 1.80. The highest BCUT2D eigenvalue weighted by molar-refractivity contribution is 6.00. The van der Waals surface area contributed by atoms with Gasteiger partial charge in [0.2, 0.25) is 0 Å². The molecular formula is C22H23N3. The monoisotopic (exact) mass is 329 g/mol. The maximum Gasteiger partial charge on any atom is 0.0966 e. The Bertz CT molecular complexity index is 976. The summed E-state index contributed by atoms with van der Waals surface area (Å²) >= 11 is 0. The molecule has 25 heavy (non-hydrogen) atoms. The average Bonchev–Trinajstić information content (AvgIpc) is 3.38. The predicted molar refractivity (Wildman–Crippen MR) is 103 cm³/mol. The number of aryl methyl sites for hydroxylation is 1. The van der Waals surface area contributed by atoms with Crippen LogP contribution >= 0.6 is 0 Å². The van der Waals surface area contributed by atoms with Crippen LogP contribution in [0.25, 0.3) is 27.9 Å². The van der Waals surface area contributed by atoms with Crippen molar-refractivity contribution in [3.05, 3.63) is 60.4 Å². The first kappa shape index (κ1) is 14.8. The van der Waals surface area contributed by atoms with Crippen LogP contribution in [0.5, 0.6) is 0 Å². The molecule has 3 aromatic rings. The van der Waals surface area contributed by atoms with Crippen LogP contribution < -0.4 is 0 Å². The summed E-state index contributed by atoms with van der Waals surface area (Å²) in [6.45, 7) is 9.97. The fourth-order valence-electron chi connectivity index (χ4n) is 4.33. The highest BCUT2D eigenvalue weighted by Crippen LogP contribution is 2.45. The minimum Gasteiger partial charge on any atom is -0.363 e. The normalized spacial score (nSPS) is 20.2. The van der Waals surface area contributed by atoms with Gasteiger partial charge in [-0.05, 0) is 44.4 Å². The lowest BCUT2D eigenvalue weighted by molar-refractivity contribution is 0.257. The summed E-state index contributed by atoms with van der Waals surface area (Å²) in [5.74, 6) is 0. The second-order valence-corrected chi connectivity index (χ2v) is 7.51. The number of nitrogens with zero attached hydrogens (tertiary/aromatic N) is 3. The van der Waals surface area contributed by atoms with Gasteiger partial charge in [0, 0.05) is 30.4 Å². The van der Waals surface area contributed by atoms with Crippen LogP contribution in [0.3, 0.4) is 0 Å². The van der Waals surface area contributed by atoms with Gasteiger partial charge in [-0.1, -0.05) is 36.4 Å². The van der Waals surface area contributed by atoms with Gasteiger partial charge in [-0.25, -0.2) is 0 Å². The van der Waals surface area contributed by atoms with Crippen molar-refractivity contribution in [2.75, 3.05) is 0 Å². The number of hydrogen-bond donors (Lipinski definition) is 0. The molecular weight excluding hydrogens is 306 g/mol. The molecule has 1 saturated carbocycles. The molecule has 3 nitrogen and oxygen atoms in total. The third kappa shape index (κ3) is 2.15. The van der Waals surface area contributed by atoms with E-state index < -0.39 is 0 Å². The highest BCUT2D eigenvalue weighted by atomic mass is 15.3. The van der Waals surface area contributed by atoms with Crippen molar-refractivity contribution in [2.45, 2.75) is 45.3 Å². The molecule has 0 amide bonds. The van der Waals surface area contributed by atoms with Crippen molar-refractivity contribution < 1.29 is 0 Å². The lowest BCUT2D eigenvalue weighted by Crippen LogP contribution is -2.41. The van der Waals surface area contributed by atoms with E-state index in [4.69, 9.17) is 4.98 Å². The zero-order chi connectivity index (χ0) is 17.1. The number of hydrogen-bond acceptors (Lipinski definition) is 2. The summed E-state index contributed by atoms with van der Waals surface area (Å²) in [5.41, 5.74) is 8.47. The second kappa shape index (κ2) is 5.22. The molecule has 1 aliphatic carbocycles. The summed E-state index contributed by atoms with van der Waals surface area (Å²) in [7, 11) is 0. The van der Waals surface area contributed by atoms with E-state index in [-0.39, 0.29) is 0 Å². The summed E-state index contributed by atoms with van der Waals surface area (Å²) in [6, 6.07) is 14.2. The van der Waals surface area contributed by atoms with Crippen molar-refractivity contribution in [3.63, 3.8) is 0 Å². The predicted octanol–water partition coefficient (Wildman–Crippen LogP) is 4.85. The van der Waals surface area contributed by atoms with E-state index in [9.17, 15) is 0 Å².